The number of furan rings is 1. The summed E-state index contributed by atoms with van der Waals surface area (Å²) in [5.74, 6) is 0.996. The molecule has 0 aliphatic rings. The lowest BCUT2D eigenvalue weighted by Gasteiger charge is -2.02. The van der Waals surface area contributed by atoms with Gasteiger partial charge in [-0.15, -0.1) is 0 Å². The number of benzene rings is 1. The second-order valence-electron chi connectivity index (χ2n) is 4.39. The normalized spacial score (nSPS) is 12.2. The van der Waals surface area contributed by atoms with E-state index in [4.69, 9.17) is 9.68 Å². The highest BCUT2D eigenvalue weighted by molar-refractivity contribution is 7.95. The molecule has 0 atom stereocenters. The fourth-order valence-electron chi connectivity index (χ4n) is 1.67. The van der Waals surface area contributed by atoms with E-state index >= 15 is 0 Å². The third kappa shape index (κ3) is 2.81. The molecule has 102 valence electrons. The fraction of sp³-hybridized carbons (Fsp3) is 0.133. The van der Waals surface area contributed by atoms with Crippen molar-refractivity contribution in [2.75, 3.05) is 0 Å². The maximum Gasteiger partial charge on any atom is 0.216 e. The van der Waals surface area contributed by atoms with Crippen LogP contribution in [0.4, 0.5) is 0 Å². The Bertz CT molecular complexity index is 790. The first-order valence-electron chi connectivity index (χ1n) is 5.93. The lowest BCUT2D eigenvalue weighted by molar-refractivity contribution is 0.525. The van der Waals surface area contributed by atoms with E-state index in [1.165, 1.54) is 18.2 Å². The minimum atomic E-state index is -3.82. The first-order chi connectivity index (χ1) is 9.43. The monoisotopic (exact) mass is 287 g/mol. The maximum atomic E-state index is 12.4. The molecule has 0 aliphatic carbocycles. The van der Waals surface area contributed by atoms with Gasteiger partial charge in [0, 0.05) is 6.08 Å². The molecule has 2 rings (SSSR count). The fourth-order valence-corrected chi connectivity index (χ4v) is 2.81. The average molecular weight is 287 g/mol. The van der Waals surface area contributed by atoms with Crippen LogP contribution in [-0.2, 0) is 9.84 Å². The lowest BCUT2D eigenvalue weighted by Crippen LogP contribution is -2.03. The molecule has 20 heavy (non-hydrogen) atoms. The minimum absolute atomic E-state index is 0.0965. The van der Waals surface area contributed by atoms with Crippen molar-refractivity contribution in [2.45, 2.75) is 18.7 Å². The number of nitrogens with zero attached hydrogens (tertiary/aromatic N) is 1. The van der Waals surface area contributed by atoms with Gasteiger partial charge in [0.2, 0.25) is 9.84 Å². The number of nitriles is 1. The Morgan fingerprint density at radius 1 is 1.15 bits per heavy atom. The number of sulfone groups is 1. The van der Waals surface area contributed by atoms with Crippen molar-refractivity contribution in [3.8, 4) is 6.07 Å². The van der Waals surface area contributed by atoms with Gasteiger partial charge in [-0.3, -0.25) is 0 Å². The summed E-state index contributed by atoms with van der Waals surface area (Å²) in [6, 6.07) is 11.4. The minimum Gasteiger partial charge on any atom is -0.462 e. The van der Waals surface area contributed by atoms with Crippen LogP contribution in [0, 0.1) is 25.2 Å². The molecule has 0 amide bonds. The molecule has 4 nitrogen and oxygen atoms in total. The van der Waals surface area contributed by atoms with Crippen LogP contribution in [0.3, 0.4) is 0 Å². The lowest BCUT2D eigenvalue weighted by atomic mass is 10.2. The van der Waals surface area contributed by atoms with Gasteiger partial charge in [0.05, 0.1) is 4.90 Å². The number of hydrogen-bond acceptors (Lipinski definition) is 4. The van der Waals surface area contributed by atoms with Gasteiger partial charge in [-0.1, -0.05) is 17.7 Å². The van der Waals surface area contributed by atoms with Gasteiger partial charge in [-0.05, 0) is 38.1 Å². The van der Waals surface area contributed by atoms with Crippen LogP contribution in [0.5, 0.6) is 0 Å². The topological polar surface area (TPSA) is 71.1 Å². The van der Waals surface area contributed by atoms with Crippen molar-refractivity contribution in [2.24, 2.45) is 0 Å². The summed E-state index contributed by atoms with van der Waals surface area (Å²) in [6.07, 6.45) is 1.24. The van der Waals surface area contributed by atoms with Crippen LogP contribution in [0.15, 0.2) is 50.6 Å². The highest BCUT2D eigenvalue weighted by Gasteiger charge is 2.21. The quantitative estimate of drug-likeness (QED) is 0.812. The van der Waals surface area contributed by atoms with Crippen LogP contribution in [0.2, 0.25) is 0 Å². The molecule has 1 aromatic carbocycles. The van der Waals surface area contributed by atoms with E-state index in [9.17, 15) is 8.42 Å². The first-order valence-corrected chi connectivity index (χ1v) is 7.42. The molecule has 0 bridgehead atoms. The predicted octanol–water partition coefficient (Wildman–Crippen LogP) is 3.23. The summed E-state index contributed by atoms with van der Waals surface area (Å²) >= 11 is 0. The van der Waals surface area contributed by atoms with Crippen LogP contribution in [0.1, 0.15) is 17.1 Å². The van der Waals surface area contributed by atoms with Gasteiger partial charge in [0.15, 0.2) is 4.91 Å². The van der Waals surface area contributed by atoms with Gasteiger partial charge >= 0.3 is 0 Å². The molecule has 0 aliphatic heterocycles. The highest BCUT2D eigenvalue weighted by atomic mass is 32.2. The van der Waals surface area contributed by atoms with Gasteiger partial charge in [-0.25, -0.2) is 8.42 Å². The molecule has 0 spiro atoms. The Labute approximate surface area is 117 Å². The summed E-state index contributed by atoms with van der Waals surface area (Å²) < 4.78 is 30.0. The Hall–Kier alpha value is -2.32. The van der Waals surface area contributed by atoms with Gasteiger partial charge in [0.25, 0.3) is 0 Å². The zero-order chi connectivity index (χ0) is 14.8. The Kier molecular flexibility index (Phi) is 3.77. The third-order valence-corrected chi connectivity index (χ3v) is 4.45. The summed E-state index contributed by atoms with van der Waals surface area (Å²) in [5.41, 5.74) is 0.952. The first kappa shape index (κ1) is 14.1. The number of allylic oxidation sites excluding steroid dienone is 1. The van der Waals surface area contributed by atoms with Crippen molar-refractivity contribution < 1.29 is 12.8 Å². The van der Waals surface area contributed by atoms with Crippen molar-refractivity contribution in [3.63, 3.8) is 0 Å². The molecule has 2 aromatic rings. The van der Waals surface area contributed by atoms with Crippen molar-refractivity contribution >= 4 is 15.9 Å². The van der Waals surface area contributed by atoms with Gasteiger partial charge in [0.1, 0.15) is 17.6 Å². The molecule has 0 fully saturated rings. The standard InChI is InChI=1S/C15H13NO3S/c1-11-3-7-14(8-4-11)20(17,18)15(10-16)9-13-6-5-12(2)19-13/h3-9H,1-2H3/b15-9+. The number of hydrogen-bond donors (Lipinski definition) is 0. The zero-order valence-corrected chi connectivity index (χ0v) is 11.9. The van der Waals surface area contributed by atoms with Crippen LogP contribution in [-0.4, -0.2) is 8.42 Å². The zero-order valence-electron chi connectivity index (χ0n) is 11.1. The van der Waals surface area contributed by atoms with Crippen LogP contribution >= 0.6 is 0 Å². The summed E-state index contributed by atoms with van der Waals surface area (Å²) in [4.78, 5) is -0.241. The summed E-state index contributed by atoms with van der Waals surface area (Å²) in [7, 11) is -3.82. The molecule has 1 aromatic heterocycles. The Morgan fingerprint density at radius 2 is 1.80 bits per heavy atom. The van der Waals surface area contributed by atoms with Gasteiger partial charge < -0.3 is 4.42 Å². The van der Waals surface area contributed by atoms with Crippen molar-refractivity contribution in [1.82, 2.24) is 0 Å². The summed E-state index contributed by atoms with van der Waals surface area (Å²) in [6.45, 7) is 3.61. The maximum absolute atomic E-state index is 12.4. The van der Waals surface area contributed by atoms with E-state index in [1.54, 1.807) is 37.3 Å². The van der Waals surface area contributed by atoms with E-state index in [0.29, 0.717) is 11.5 Å². The Balaban J connectivity index is 2.48. The summed E-state index contributed by atoms with van der Waals surface area (Å²) in [5, 5.41) is 9.11. The van der Waals surface area contributed by atoms with Crippen LogP contribution < -0.4 is 0 Å². The largest absolute Gasteiger partial charge is 0.462 e. The second kappa shape index (κ2) is 5.35. The molecular weight excluding hydrogens is 274 g/mol. The molecule has 5 heteroatoms. The van der Waals surface area contributed by atoms with E-state index in [0.717, 1.165) is 5.56 Å². The smallest absolute Gasteiger partial charge is 0.216 e. The second-order valence-corrected chi connectivity index (χ2v) is 6.30. The number of aryl methyl sites for hydroxylation is 2. The van der Waals surface area contributed by atoms with E-state index in [1.807, 2.05) is 6.92 Å². The SMILES string of the molecule is Cc1ccc(S(=O)(=O)/C(C#N)=C/c2ccc(C)o2)cc1. The molecule has 0 unspecified atom stereocenters. The Morgan fingerprint density at radius 3 is 2.30 bits per heavy atom. The molecule has 0 saturated heterocycles. The number of rotatable bonds is 3. The third-order valence-electron chi connectivity index (χ3n) is 2.77. The van der Waals surface area contributed by atoms with Gasteiger partial charge in [-0.2, -0.15) is 5.26 Å². The molecule has 0 N–H and O–H groups in total. The predicted molar refractivity (Wildman–Crippen MR) is 75.4 cm³/mol. The molecule has 0 radical (unpaired) electrons. The molecule has 0 saturated carbocycles. The van der Waals surface area contributed by atoms with E-state index in [-0.39, 0.29) is 9.80 Å². The van der Waals surface area contributed by atoms with Crippen molar-refractivity contribution in [3.05, 3.63) is 58.4 Å². The molecule has 1 heterocycles. The van der Waals surface area contributed by atoms with E-state index < -0.39 is 9.84 Å². The van der Waals surface area contributed by atoms with Crippen molar-refractivity contribution in [1.29, 1.82) is 5.26 Å². The molecular formula is C15H13NO3S. The average Bonchev–Trinajstić information content (AvgIpc) is 2.82. The van der Waals surface area contributed by atoms with Crippen LogP contribution in [0.25, 0.3) is 6.08 Å². The highest BCUT2D eigenvalue weighted by Crippen LogP contribution is 2.22. The van der Waals surface area contributed by atoms with E-state index in [2.05, 4.69) is 0 Å².